The fourth-order valence-corrected chi connectivity index (χ4v) is 1.29. The van der Waals surface area contributed by atoms with Crippen LogP contribution in [0, 0.1) is 5.92 Å². The molecule has 0 unspecified atom stereocenters. The highest BCUT2D eigenvalue weighted by Crippen LogP contribution is 2.11. The van der Waals surface area contributed by atoms with Crippen molar-refractivity contribution in [2.75, 3.05) is 14.1 Å². The van der Waals surface area contributed by atoms with Crippen molar-refractivity contribution in [3.63, 3.8) is 0 Å². The summed E-state index contributed by atoms with van der Waals surface area (Å²) in [5.74, 6) is 0.826. The van der Waals surface area contributed by atoms with Gasteiger partial charge in [-0.15, -0.1) is 0 Å². The lowest BCUT2D eigenvalue weighted by Crippen LogP contribution is -2.28. The first kappa shape index (κ1) is 9.96. The average Bonchev–Trinajstić information content (AvgIpc) is 1.81. The van der Waals surface area contributed by atoms with E-state index in [2.05, 4.69) is 39.8 Å². The molecule has 0 fully saturated rings. The molecule has 1 nitrogen and oxygen atoms in total. The Labute approximate surface area is 65.4 Å². The van der Waals surface area contributed by atoms with Crippen LogP contribution < -0.4 is 0 Å². The summed E-state index contributed by atoms with van der Waals surface area (Å²) in [6, 6.07) is 0.778. The van der Waals surface area contributed by atoms with Crippen LogP contribution in [0.2, 0.25) is 0 Å². The van der Waals surface area contributed by atoms with Gasteiger partial charge in [0.2, 0.25) is 0 Å². The topological polar surface area (TPSA) is 3.24 Å². The monoisotopic (exact) mass is 143 g/mol. The number of hydrogen-bond acceptors (Lipinski definition) is 1. The SMILES string of the molecule is CC[C@H](CC(C)C)N(C)C. The zero-order valence-corrected chi connectivity index (χ0v) is 8.02. The van der Waals surface area contributed by atoms with Crippen LogP contribution in [0.5, 0.6) is 0 Å². The lowest BCUT2D eigenvalue weighted by atomic mass is 10.0. The van der Waals surface area contributed by atoms with Crippen LogP contribution >= 0.6 is 0 Å². The second kappa shape index (κ2) is 4.73. The third-order valence-electron chi connectivity index (χ3n) is 1.95. The van der Waals surface area contributed by atoms with Gasteiger partial charge in [0.1, 0.15) is 0 Å². The summed E-state index contributed by atoms with van der Waals surface area (Å²) >= 11 is 0. The van der Waals surface area contributed by atoms with Gasteiger partial charge < -0.3 is 4.90 Å². The fraction of sp³-hybridized carbons (Fsp3) is 1.00. The highest BCUT2D eigenvalue weighted by molar-refractivity contribution is 4.65. The van der Waals surface area contributed by atoms with Gasteiger partial charge in [-0.1, -0.05) is 20.8 Å². The van der Waals surface area contributed by atoms with E-state index in [9.17, 15) is 0 Å². The summed E-state index contributed by atoms with van der Waals surface area (Å²) in [6.07, 6.45) is 2.59. The van der Waals surface area contributed by atoms with Crippen LogP contribution in [0.4, 0.5) is 0 Å². The summed E-state index contributed by atoms with van der Waals surface area (Å²) in [7, 11) is 4.33. The molecule has 0 saturated carbocycles. The van der Waals surface area contributed by atoms with E-state index in [0.29, 0.717) is 0 Å². The maximum absolute atomic E-state index is 2.32. The molecule has 0 aliphatic rings. The van der Waals surface area contributed by atoms with Crippen LogP contribution in [0.1, 0.15) is 33.6 Å². The van der Waals surface area contributed by atoms with E-state index in [1.54, 1.807) is 0 Å². The van der Waals surface area contributed by atoms with E-state index in [1.165, 1.54) is 12.8 Å². The first-order valence-electron chi connectivity index (χ1n) is 4.24. The third-order valence-corrected chi connectivity index (χ3v) is 1.95. The van der Waals surface area contributed by atoms with Gasteiger partial charge in [0.15, 0.2) is 0 Å². The van der Waals surface area contributed by atoms with Crippen molar-refractivity contribution in [3.05, 3.63) is 0 Å². The minimum atomic E-state index is 0.778. The lowest BCUT2D eigenvalue weighted by molar-refractivity contribution is 0.248. The number of rotatable bonds is 4. The van der Waals surface area contributed by atoms with Crippen molar-refractivity contribution in [3.8, 4) is 0 Å². The van der Waals surface area contributed by atoms with Crippen molar-refractivity contribution in [1.29, 1.82) is 0 Å². The minimum Gasteiger partial charge on any atom is -0.306 e. The van der Waals surface area contributed by atoms with Crippen LogP contribution in [0.3, 0.4) is 0 Å². The fourth-order valence-electron chi connectivity index (χ4n) is 1.29. The van der Waals surface area contributed by atoms with Gasteiger partial charge in [-0.05, 0) is 32.9 Å². The van der Waals surface area contributed by atoms with Gasteiger partial charge in [-0.2, -0.15) is 0 Å². The first-order valence-corrected chi connectivity index (χ1v) is 4.24. The Balaban J connectivity index is 3.60. The Hall–Kier alpha value is -0.0400. The molecule has 0 N–H and O–H groups in total. The summed E-state index contributed by atoms with van der Waals surface area (Å²) in [5.41, 5.74) is 0. The molecule has 0 radical (unpaired) electrons. The summed E-state index contributed by atoms with van der Waals surface area (Å²) in [6.45, 7) is 6.82. The highest BCUT2D eigenvalue weighted by atomic mass is 15.1. The minimum absolute atomic E-state index is 0.778. The average molecular weight is 143 g/mol. The van der Waals surface area contributed by atoms with Crippen LogP contribution in [0.15, 0.2) is 0 Å². The number of nitrogens with zero attached hydrogens (tertiary/aromatic N) is 1. The van der Waals surface area contributed by atoms with E-state index < -0.39 is 0 Å². The van der Waals surface area contributed by atoms with Crippen molar-refractivity contribution in [1.82, 2.24) is 4.90 Å². The molecule has 0 aromatic rings. The second-order valence-corrected chi connectivity index (χ2v) is 3.66. The maximum Gasteiger partial charge on any atom is 0.00889 e. The Bertz CT molecular complexity index is 76.8. The highest BCUT2D eigenvalue weighted by Gasteiger charge is 2.09. The van der Waals surface area contributed by atoms with E-state index in [4.69, 9.17) is 0 Å². The molecule has 0 spiro atoms. The van der Waals surface area contributed by atoms with Crippen LogP contribution in [-0.4, -0.2) is 25.0 Å². The molecule has 0 aromatic carbocycles. The molecule has 1 heteroatoms. The molecular formula is C9H21N. The molecule has 0 aliphatic heterocycles. The van der Waals surface area contributed by atoms with Crippen LogP contribution in [0.25, 0.3) is 0 Å². The zero-order chi connectivity index (χ0) is 8.15. The predicted octanol–water partition coefficient (Wildman–Crippen LogP) is 2.37. The Morgan fingerprint density at radius 3 is 1.80 bits per heavy atom. The van der Waals surface area contributed by atoms with E-state index in [-0.39, 0.29) is 0 Å². The molecule has 62 valence electrons. The summed E-state index contributed by atoms with van der Waals surface area (Å²) in [5, 5.41) is 0. The van der Waals surface area contributed by atoms with Gasteiger partial charge in [0.25, 0.3) is 0 Å². The molecule has 10 heavy (non-hydrogen) atoms. The predicted molar refractivity (Wildman–Crippen MR) is 47.2 cm³/mol. The van der Waals surface area contributed by atoms with E-state index in [0.717, 1.165) is 12.0 Å². The third kappa shape index (κ3) is 3.89. The van der Waals surface area contributed by atoms with Gasteiger partial charge >= 0.3 is 0 Å². The van der Waals surface area contributed by atoms with Gasteiger partial charge in [0.05, 0.1) is 0 Å². The molecule has 0 amide bonds. The summed E-state index contributed by atoms with van der Waals surface area (Å²) in [4.78, 5) is 2.32. The van der Waals surface area contributed by atoms with Crippen molar-refractivity contribution in [2.45, 2.75) is 39.7 Å². The van der Waals surface area contributed by atoms with Crippen molar-refractivity contribution >= 4 is 0 Å². The summed E-state index contributed by atoms with van der Waals surface area (Å²) < 4.78 is 0. The molecule has 0 saturated heterocycles. The van der Waals surface area contributed by atoms with Gasteiger partial charge in [0, 0.05) is 6.04 Å². The normalized spacial score (nSPS) is 14.7. The smallest absolute Gasteiger partial charge is 0.00889 e. The van der Waals surface area contributed by atoms with Gasteiger partial charge in [-0.25, -0.2) is 0 Å². The van der Waals surface area contributed by atoms with Crippen LogP contribution in [-0.2, 0) is 0 Å². The van der Waals surface area contributed by atoms with E-state index in [1.807, 2.05) is 0 Å². The molecule has 0 heterocycles. The molecule has 0 rings (SSSR count). The maximum atomic E-state index is 2.32. The Kier molecular flexibility index (Phi) is 4.71. The first-order chi connectivity index (χ1) is 4.57. The van der Waals surface area contributed by atoms with E-state index >= 15 is 0 Å². The molecular weight excluding hydrogens is 122 g/mol. The van der Waals surface area contributed by atoms with Crippen molar-refractivity contribution in [2.24, 2.45) is 5.92 Å². The quantitative estimate of drug-likeness (QED) is 0.584. The lowest BCUT2D eigenvalue weighted by Gasteiger charge is -2.24. The standard InChI is InChI=1S/C9H21N/c1-6-9(10(4)5)7-8(2)3/h8-9H,6-7H2,1-5H3/t9-/m1/s1. The van der Waals surface area contributed by atoms with Crippen molar-refractivity contribution < 1.29 is 0 Å². The number of hydrogen-bond donors (Lipinski definition) is 0. The molecule has 0 bridgehead atoms. The molecule has 0 aliphatic carbocycles. The zero-order valence-electron chi connectivity index (χ0n) is 8.02. The van der Waals surface area contributed by atoms with Gasteiger partial charge in [-0.3, -0.25) is 0 Å². The molecule has 1 atom stereocenters. The Morgan fingerprint density at radius 1 is 1.20 bits per heavy atom. The second-order valence-electron chi connectivity index (χ2n) is 3.66. The largest absolute Gasteiger partial charge is 0.306 e. The Morgan fingerprint density at radius 2 is 1.70 bits per heavy atom. The molecule has 0 aromatic heterocycles.